The molecule has 0 spiro atoms. The van der Waals surface area contributed by atoms with E-state index >= 15 is 0 Å². The Hall–Kier alpha value is -2.71. The fraction of sp³-hybridized carbons (Fsp3) is 0.176. The van der Waals surface area contributed by atoms with Crippen LogP contribution in [0.2, 0.25) is 0 Å². The van der Waals surface area contributed by atoms with Crippen molar-refractivity contribution in [3.63, 3.8) is 0 Å². The van der Waals surface area contributed by atoms with Crippen LogP contribution in [0.15, 0.2) is 35.8 Å². The van der Waals surface area contributed by atoms with Crippen molar-refractivity contribution in [3.05, 3.63) is 52.4 Å². The zero-order valence-electron chi connectivity index (χ0n) is 13.7. The van der Waals surface area contributed by atoms with Crippen molar-refractivity contribution >= 4 is 17.2 Å². The number of nitrogens with one attached hydrogen (secondary N) is 1. The first-order valence-corrected chi connectivity index (χ1v) is 8.33. The van der Waals surface area contributed by atoms with E-state index in [-0.39, 0.29) is 6.61 Å². The molecular weight excluding hydrogens is 343 g/mol. The van der Waals surface area contributed by atoms with Gasteiger partial charge in [0, 0.05) is 34.8 Å². The molecule has 130 valence electrons. The van der Waals surface area contributed by atoms with Crippen LogP contribution in [-0.2, 0) is 6.61 Å². The van der Waals surface area contributed by atoms with Crippen molar-refractivity contribution in [1.82, 2.24) is 9.97 Å². The van der Waals surface area contributed by atoms with Crippen molar-refractivity contribution < 1.29 is 13.9 Å². The number of nitrogen functional groups attached to an aromatic ring is 1. The maximum Gasteiger partial charge on any atom is 0.143 e. The predicted octanol–water partition coefficient (Wildman–Crippen LogP) is 3.53. The average Bonchev–Trinajstić information content (AvgIpc) is 3.05. The lowest BCUT2D eigenvalue weighted by Crippen LogP contribution is -2.09. The van der Waals surface area contributed by atoms with Gasteiger partial charge in [0.05, 0.1) is 17.8 Å². The molecule has 0 saturated heterocycles. The number of nitrogens with two attached hydrogens (primary N) is 1. The Bertz CT molecular complexity index is 885. The van der Waals surface area contributed by atoms with Crippen LogP contribution in [0.4, 0.5) is 10.2 Å². The minimum Gasteiger partial charge on any atom is -0.497 e. The Labute approximate surface area is 148 Å². The summed E-state index contributed by atoms with van der Waals surface area (Å²) >= 11 is 1.54. The summed E-state index contributed by atoms with van der Waals surface area (Å²) in [5, 5.41) is 2.88. The monoisotopic (exact) mass is 360 g/mol. The Morgan fingerprint density at radius 1 is 1.28 bits per heavy atom. The number of hydrogen-bond acceptors (Lipinski definition) is 7. The molecule has 0 aliphatic carbocycles. The van der Waals surface area contributed by atoms with E-state index in [0.717, 1.165) is 10.7 Å². The Kier molecular flexibility index (Phi) is 5.11. The van der Waals surface area contributed by atoms with E-state index in [2.05, 4.69) is 15.4 Å². The number of ether oxygens (including phenoxy) is 2. The Balaban J connectivity index is 1.95. The first-order valence-electron chi connectivity index (χ1n) is 7.45. The molecule has 0 amide bonds. The van der Waals surface area contributed by atoms with Crippen LogP contribution >= 0.6 is 11.3 Å². The summed E-state index contributed by atoms with van der Waals surface area (Å²) in [5.41, 5.74) is 4.15. The molecule has 0 fully saturated rings. The van der Waals surface area contributed by atoms with E-state index in [9.17, 15) is 4.39 Å². The van der Waals surface area contributed by atoms with Crippen LogP contribution in [0.1, 0.15) is 10.7 Å². The van der Waals surface area contributed by atoms with E-state index in [1.807, 2.05) is 12.3 Å². The van der Waals surface area contributed by atoms with Crippen LogP contribution in [-0.4, -0.2) is 17.1 Å². The number of nitrogens with zero attached hydrogens (tertiary/aromatic N) is 2. The molecule has 2 aromatic heterocycles. The number of pyridine rings is 1. The molecule has 0 aliphatic heterocycles. The molecule has 2 heterocycles. The van der Waals surface area contributed by atoms with Gasteiger partial charge in [-0.25, -0.2) is 20.2 Å². The van der Waals surface area contributed by atoms with Crippen LogP contribution in [0.25, 0.3) is 11.1 Å². The van der Waals surface area contributed by atoms with Crippen LogP contribution < -0.4 is 20.7 Å². The maximum atomic E-state index is 14.4. The molecule has 0 bridgehead atoms. The molecule has 3 N–H and O–H groups in total. The third kappa shape index (κ3) is 3.86. The number of benzene rings is 1. The van der Waals surface area contributed by atoms with E-state index in [4.69, 9.17) is 15.3 Å². The highest BCUT2D eigenvalue weighted by atomic mass is 32.1. The number of aromatic nitrogens is 2. The summed E-state index contributed by atoms with van der Waals surface area (Å²) in [5.74, 6) is 6.30. The largest absolute Gasteiger partial charge is 0.497 e. The molecule has 0 aliphatic rings. The summed E-state index contributed by atoms with van der Waals surface area (Å²) < 4.78 is 25.3. The summed E-state index contributed by atoms with van der Waals surface area (Å²) in [6, 6.07) is 6.25. The number of aryl methyl sites for hydroxylation is 1. The highest BCUT2D eigenvalue weighted by Crippen LogP contribution is 2.34. The standard InChI is InChI=1S/C17H17FN4O2S/c1-10-21-11(9-25-10)8-24-16-6-17(22-19)20-7-14(16)13-4-3-12(23-2)5-15(13)18/h3-7,9H,8,19H2,1-2H3,(H,20,22). The molecule has 3 aromatic rings. The fourth-order valence-electron chi connectivity index (χ4n) is 2.30. The van der Waals surface area contributed by atoms with E-state index in [1.54, 1.807) is 29.5 Å². The number of anilines is 1. The van der Waals surface area contributed by atoms with Gasteiger partial charge in [-0.2, -0.15) is 0 Å². The molecule has 1 aromatic carbocycles. The second kappa shape index (κ2) is 7.45. The van der Waals surface area contributed by atoms with Gasteiger partial charge >= 0.3 is 0 Å². The molecule has 0 radical (unpaired) electrons. The molecular formula is C17H17FN4O2S. The van der Waals surface area contributed by atoms with E-state index < -0.39 is 5.82 Å². The van der Waals surface area contributed by atoms with E-state index in [0.29, 0.717) is 28.4 Å². The number of methoxy groups -OCH3 is 1. The molecule has 0 atom stereocenters. The second-order valence-electron chi connectivity index (χ2n) is 5.20. The highest BCUT2D eigenvalue weighted by molar-refractivity contribution is 7.09. The molecule has 6 nitrogen and oxygen atoms in total. The summed E-state index contributed by atoms with van der Waals surface area (Å²) in [6.07, 6.45) is 1.52. The molecule has 25 heavy (non-hydrogen) atoms. The highest BCUT2D eigenvalue weighted by Gasteiger charge is 2.14. The number of halogens is 1. The van der Waals surface area contributed by atoms with Gasteiger partial charge in [-0.15, -0.1) is 11.3 Å². The normalized spacial score (nSPS) is 10.6. The van der Waals surface area contributed by atoms with Gasteiger partial charge in [0.1, 0.15) is 29.7 Å². The minimum atomic E-state index is -0.427. The summed E-state index contributed by atoms with van der Waals surface area (Å²) in [4.78, 5) is 8.51. The van der Waals surface area contributed by atoms with Gasteiger partial charge in [-0.1, -0.05) is 0 Å². The lowest BCUT2D eigenvalue weighted by molar-refractivity contribution is 0.303. The molecule has 0 unspecified atom stereocenters. The van der Waals surface area contributed by atoms with Gasteiger partial charge in [-0.3, -0.25) is 0 Å². The predicted molar refractivity (Wildman–Crippen MR) is 95.2 cm³/mol. The summed E-state index contributed by atoms with van der Waals surface area (Å²) in [6.45, 7) is 2.19. The Morgan fingerprint density at radius 2 is 2.12 bits per heavy atom. The van der Waals surface area contributed by atoms with Crippen molar-refractivity contribution in [2.24, 2.45) is 5.84 Å². The van der Waals surface area contributed by atoms with Crippen molar-refractivity contribution in [3.8, 4) is 22.6 Å². The van der Waals surface area contributed by atoms with Gasteiger partial charge in [-0.05, 0) is 19.1 Å². The van der Waals surface area contributed by atoms with Crippen molar-refractivity contribution in [2.45, 2.75) is 13.5 Å². The first kappa shape index (κ1) is 17.1. The smallest absolute Gasteiger partial charge is 0.143 e. The van der Waals surface area contributed by atoms with Gasteiger partial charge in [0.15, 0.2) is 0 Å². The SMILES string of the molecule is COc1ccc(-c2cnc(NN)cc2OCc2csc(C)n2)c(F)c1. The van der Waals surface area contributed by atoms with Gasteiger partial charge in [0.2, 0.25) is 0 Å². The van der Waals surface area contributed by atoms with Crippen molar-refractivity contribution in [1.29, 1.82) is 0 Å². The van der Waals surface area contributed by atoms with Crippen LogP contribution in [0.5, 0.6) is 11.5 Å². The number of hydrogen-bond donors (Lipinski definition) is 2. The first-order chi connectivity index (χ1) is 12.1. The fourth-order valence-corrected chi connectivity index (χ4v) is 2.90. The zero-order chi connectivity index (χ0) is 17.8. The number of hydrazine groups is 1. The molecule has 8 heteroatoms. The number of rotatable bonds is 6. The van der Waals surface area contributed by atoms with E-state index in [1.165, 1.54) is 19.4 Å². The zero-order valence-corrected chi connectivity index (χ0v) is 14.6. The lowest BCUT2D eigenvalue weighted by Gasteiger charge is -2.13. The molecule has 0 saturated carbocycles. The van der Waals surface area contributed by atoms with Crippen LogP contribution in [0.3, 0.4) is 0 Å². The average molecular weight is 360 g/mol. The maximum absolute atomic E-state index is 14.4. The Morgan fingerprint density at radius 3 is 2.76 bits per heavy atom. The second-order valence-corrected chi connectivity index (χ2v) is 6.26. The third-order valence-corrected chi connectivity index (χ3v) is 4.34. The van der Waals surface area contributed by atoms with Gasteiger partial charge in [0.25, 0.3) is 0 Å². The summed E-state index contributed by atoms with van der Waals surface area (Å²) in [7, 11) is 1.49. The number of thiazole rings is 1. The van der Waals surface area contributed by atoms with Gasteiger partial charge < -0.3 is 14.9 Å². The quantitative estimate of drug-likeness (QED) is 0.517. The topological polar surface area (TPSA) is 82.3 Å². The van der Waals surface area contributed by atoms with Crippen LogP contribution in [0, 0.1) is 12.7 Å². The minimum absolute atomic E-state index is 0.267. The van der Waals surface area contributed by atoms with Crippen molar-refractivity contribution in [2.75, 3.05) is 12.5 Å². The lowest BCUT2D eigenvalue weighted by atomic mass is 10.1. The third-order valence-electron chi connectivity index (χ3n) is 3.52. The molecule has 3 rings (SSSR count).